The molecule has 0 aromatic heterocycles. The minimum absolute atomic E-state index is 0.535. The van der Waals surface area contributed by atoms with Crippen molar-refractivity contribution in [3.63, 3.8) is 0 Å². The highest BCUT2D eigenvalue weighted by atomic mass is 16.4. The van der Waals surface area contributed by atoms with Crippen molar-refractivity contribution in [3.8, 4) is 0 Å². The second-order valence-electron chi connectivity index (χ2n) is 2.33. The van der Waals surface area contributed by atoms with Crippen molar-refractivity contribution in [1.82, 2.24) is 5.32 Å². The lowest BCUT2D eigenvalue weighted by Crippen LogP contribution is -2.34. The summed E-state index contributed by atoms with van der Waals surface area (Å²) in [7, 11) is 0. The van der Waals surface area contributed by atoms with Crippen molar-refractivity contribution < 1.29 is 14.7 Å². The van der Waals surface area contributed by atoms with Gasteiger partial charge in [-0.2, -0.15) is 0 Å². The third-order valence-corrected chi connectivity index (χ3v) is 1.34. The zero-order chi connectivity index (χ0) is 8.69. The van der Waals surface area contributed by atoms with Gasteiger partial charge < -0.3 is 15.2 Å². The molecule has 64 valence electrons. The SMILES string of the molecule is CCCC[C@@H](C=O)NC(=O)O. The van der Waals surface area contributed by atoms with E-state index in [0.717, 1.165) is 12.8 Å². The van der Waals surface area contributed by atoms with Crippen LogP contribution in [0.3, 0.4) is 0 Å². The molecule has 0 radical (unpaired) electrons. The van der Waals surface area contributed by atoms with E-state index in [1.165, 1.54) is 0 Å². The Bertz CT molecular complexity index is 136. The van der Waals surface area contributed by atoms with E-state index in [2.05, 4.69) is 5.32 Å². The third-order valence-electron chi connectivity index (χ3n) is 1.34. The molecule has 0 unspecified atom stereocenters. The molecular formula is C7H13NO3. The van der Waals surface area contributed by atoms with Crippen LogP contribution in [0.4, 0.5) is 4.79 Å². The van der Waals surface area contributed by atoms with Gasteiger partial charge in [0.2, 0.25) is 0 Å². The molecule has 0 saturated carbocycles. The molecule has 0 aliphatic carbocycles. The minimum atomic E-state index is -1.14. The molecule has 0 saturated heterocycles. The second-order valence-corrected chi connectivity index (χ2v) is 2.33. The average Bonchev–Trinajstić information content (AvgIpc) is 1.97. The molecule has 0 aliphatic heterocycles. The van der Waals surface area contributed by atoms with Gasteiger partial charge >= 0.3 is 6.09 Å². The van der Waals surface area contributed by atoms with Gasteiger partial charge in [0.25, 0.3) is 0 Å². The lowest BCUT2D eigenvalue weighted by Gasteiger charge is -2.07. The molecule has 0 bridgehead atoms. The topological polar surface area (TPSA) is 66.4 Å². The van der Waals surface area contributed by atoms with Gasteiger partial charge in [0.15, 0.2) is 0 Å². The van der Waals surface area contributed by atoms with Crippen LogP contribution in [-0.4, -0.2) is 23.5 Å². The summed E-state index contributed by atoms with van der Waals surface area (Å²) < 4.78 is 0. The Morgan fingerprint density at radius 3 is 2.73 bits per heavy atom. The van der Waals surface area contributed by atoms with E-state index in [-0.39, 0.29) is 0 Å². The van der Waals surface area contributed by atoms with Crippen molar-refractivity contribution >= 4 is 12.4 Å². The van der Waals surface area contributed by atoms with Crippen LogP contribution in [0, 0.1) is 0 Å². The van der Waals surface area contributed by atoms with E-state index in [4.69, 9.17) is 5.11 Å². The molecule has 0 aromatic rings. The molecule has 1 atom stereocenters. The maximum Gasteiger partial charge on any atom is 0.405 e. The molecule has 0 fully saturated rings. The van der Waals surface area contributed by atoms with E-state index >= 15 is 0 Å². The second kappa shape index (κ2) is 5.70. The summed E-state index contributed by atoms with van der Waals surface area (Å²) in [4.78, 5) is 20.3. The summed E-state index contributed by atoms with van der Waals surface area (Å²) in [6.07, 6.45) is 1.91. The fourth-order valence-corrected chi connectivity index (χ4v) is 0.757. The van der Waals surface area contributed by atoms with Crippen molar-refractivity contribution in [2.45, 2.75) is 32.2 Å². The number of nitrogens with one attached hydrogen (secondary N) is 1. The Labute approximate surface area is 65.6 Å². The zero-order valence-electron chi connectivity index (χ0n) is 6.54. The first-order chi connectivity index (χ1) is 5.20. The number of hydrogen-bond acceptors (Lipinski definition) is 2. The van der Waals surface area contributed by atoms with Gasteiger partial charge in [-0.3, -0.25) is 0 Å². The maximum absolute atomic E-state index is 10.2. The number of amides is 1. The summed E-state index contributed by atoms with van der Waals surface area (Å²) in [5.41, 5.74) is 0. The zero-order valence-corrected chi connectivity index (χ0v) is 6.54. The highest BCUT2D eigenvalue weighted by Crippen LogP contribution is 1.97. The molecule has 4 nitrogen and oxygen atoms in total. The smallest absolute Gasteiger partial charge is 0.405 e. The van der Waals surface area contributed by atoms with Crippen LogP contribution in [0.25, 0.3) is 0 Å². The Hall–Kier alpha value is -1.06. The molecule has 0 rings (SSSR count). The molecule has 11 heavy (non-hydrogen) atoms. The summed E-state index contributed by atoms with van der Waals surface area (Å²) in [6.45, 7) is 1.99. The van der Waals surface area contributed by atoms with E-state index < -0.39 is 12.1 Å². The number of unbranched alkanes of at least 4 members (excludes halogenated alkanes) is 1. The first-order valence-corrected chi connectivity index (χ1v) is 3.65. The van der Waals surface area contributed by atoms with Gasteiger partial charge in [-0.05, 0) is 6.42 Å². The third kappa shape index (κ3) is 5.39. The first kappa shape index (κ1) is 9.94. The Morgan fingerprint density at radius 2 is 2.36 bits per heavy atom. The van der Waals surface area contributed by atoms with E-state index in [1.54, 1.807) is 0 Å². The molecule has 0 spiro atoms. The number of aldehydes is 1. The van der Waals surface area contributed by atoms with Crippen LogP contribution < -0.4 is 5.32 Å². The fraction of sp³-hybridized carbons (Fsp3) is 0.714. The lowest BCUT2D eigenvalue weighted by atomic mass is 10.1. The highest BCUT2D eigenvalue weighted by molar-refractivity contribution is 5.71. The van der Waals surface area contributed by atoms with Crippen LogP contribution in [-0.2, 0) is 4.79 Å². The highest BCUT2D eigenvalue weighted by Gasteiger charge is 2.07. The largest absolute Gasteiger partial charge is 0.465 e. The summed E-state index contributed by atoms with van der Waals surface area (Å²) in [5, 5.41) is 10.4. The standard InChI is InChI=1S/C7H13NO3/c1-2-3-4-6(5-9)8-7(10)11/h5-6,8H,2-4H2,1H3,(H,10,11)/t6-/m0/s1. The summed E-state index contributed by atoms with van der Waals surface area (Å²) in [5.74, 6) is 0. The van der Waals surface area contributed by atoms with Crippen LogP contribution >= 0.6 is 0 Å². The number of carbonyl (C=O) groups is 2. The molecule has 0 aliphatic rings. The number of rotatable bonds is 5. The van der Waals surface area contributed by atoms with Crippen molar-refractivity contribution in [3.05, 3.63) is 0 Å². The van der Waals surface area contributed by atoms with E-state index in [9.17, 15) is 9.59 Å². The quantitative estimate of drug-likeness (QED) is 0.588. The molecule has 0 aromatic carbocycles. The van der Waals surface area contributed by atoms with Crippen molar-refractivity contribution in [2.75, 3.05) is 0 Å². The van der Waals surface area contributed by atoms with Crippen LogP contribution in [0.5, 0.6) is 0 Å². The van der Waals surface area contributed by atoms with Gasteiger partial charge in [0.1, 0.15) is 6.29 Å². The van der Waals surface area contributed by atoms with E-state index in [0.29, 0.717) is 12.7 Å². The molecule has 4 heteroatoms. The molecule has 2 N–H and O–H groups in total. The monoisotopic (exact) mass is 159 g/mol. The predicted octanol–water partition coefficient (Wildman–Crippen LogP) is 1.01. The number of hydrogen-bond donors (Lipinski definition) is 2. The summed E-state index contributed by atoms with van der Waals surface area (Å²) in [6, 6.07) is -0.535. The Morgan fingerprint density at radius 1 is 1.73 bits per heavy atom. The van der Waals surface area contributed by atoms with Crippen LogP contribution in [0.15, 0.2) is 0 Å². The molecule has 0 heterocycles. The Kier molecular flexibility index (Phi) is 5.15. The fourth-order valence-electron chi connectivity index (χ4n) is 0.757. The van der Waals surface area contributed by atoms with Crippen LogP contribution in [0.2, 0.25) is 0 Å². The van der Waals surface area contributed by atoms with Gasteiger partial charge in [-0.25, -0.2) is 4.79 Å². The van der Waals surface area contributed by atoms with Gasteiger partial charge in [0, 0.05) is 0 Å². The lowest BCUT2D eigenvalue weighted by molar-refractivity contribution is -0.109. The summed E-state index contributed by atoms with van der Waals surface area (Å²) >= 11 is 0. The van der Waals surface area contributed by atoms with E-state index in [1.807, 2.05) is 6.92 Å². The van der Waals surface area contributed by atoms with Crippen LogP contribution in [0.1, 0.15) is 26.2 Å². The van der Waals surface area contributed by atoms with Crippen molar-refractivity contribution in [2.24, 2.45) is 0 Å². The Balaban J connectivity index is 3.57. The molecule has 1 amide bonds. The first-order valence-electron chi connectivity index (χ1n) is 3.65. The minimum Gasteiger partial charge on any atom is -0.465 e. The maximum atomic E-state index is 10.2. The average molecular weight is 159 g/mol. The van der Waals surface area contributed by atoms with Gasteiger partial charge in [-0.1, -0.05) is 19.8 Å². The number of carboxylic acid groups (broad SMARTS) is 1. The normalized spacial score (nSPS) is 12.1. The predicted molar refractivity (Wildman–Crippen MR) is 40.5 cm³/mol. The van der Waals surface area contributed by atoms with Gasteiger partial charge in [-0.15, -0.1) is 0 Å². The van der Waals surface area contributed by atoms with Crippen molar-refractivity contribution in [1.29, 1.82) is 0 Å². The molecular weight excluding hydrogens is 146 g/mol. The number of carbonyl (C=O) groups excluding carboxylic acids is 1. The van der Waals surface area contributed by atoms with Gasteiger partial charge in [0.05, 0.1) is 6.04 Å².